The molecule has 0 atom stereocenters. The molecule has 0 N–H and O–H groups in total. The summed E-state index contributed by atoms with van der Waals surface area (Å²) in [6.45, 7) is 0. The molecule has 0 bridgehead atoms. The van der Waals surface area contributed by atoms with Crippen molar-refractivity contribution in [1.29, 1.82) is 0 Å². The molecule has 96 valence electrons. The summed E-state index contributed by atoms with van der Waals surface area (Å²) in [5.41, 5.74) is 4.05. The molecule has 0 aliphatic rings. The fourth-order valence-electron chi connectivity index (χ4n) is 2.23. The second-order valence-electron chi connectivity index (χ2n) is 4.26. The summed E-state index contributed by atoms with van der Waals surface area (Å²) in [4.78, 5) is 0. The molecular weight excluding hydrogens is 329 g/mol. The van der Waals surface area contributed by atoms with Gasteiger partial charge in [0, 0.05) is 21.9 Å². The molecule has 1 aromatic carbocycles. The first-order chi connectivity index (χ1) is 9.20. The van der Waals surface area contributed by atoms with Gasteiger partial charge in [-0.25, -0.2) is 4.39 Å². The smallest absolute Gasteiger partial charge is 0.123 e. The molecule has 4 heteroatoms. The Morgan fingerprint density at radius 2 is 1.89 bits per heavy atom. The van der Waals surface area contributed by atoms with Crippen LogP contribution in [0.15, 0.2) is 53.1 Å². The van der Waals surface area contributed by atoms with Crippen molar-refractivity contribution in [2.45, 2.75) is 5.88 Å². The Bertz CT molecular complexity index is 734. The molecule has 0 aliphatic heterocycles. The molecule has 0 radical (unpaired) electrons. The van der Waals surface area contributed by atoms with Crippen LogP contribution in [0.1, 0.15) is 5.69 Å². The molecule has 0 amide bonds. The summed E-state index contributed by atoms with van der Waals surface area (Å²) in [5, 5.41) is 0. The van der Waals surface area contributed by atoms with Gasteiger partial charge in [-0.2, -0.15) is 0 Å². The average Bonchev–Trinajstić information content (AvgIpc) is 2.79. The van der Waals surface area contributed by atoms with Crippen molar-refractivity contribution < 1.29 is 4.39 Å². The zero-order valence-electron chi connectivity index (χ0n) is 9.91. The van der Waals surface area contributed by atoms with Gasteiger partial charge in [0.15, 0.2) is 0 Å². The number of halogens is 3. The van der Waals surface area contributed by atoms with Gasteiger partial charge in [0.25, 0.3) is 0 Å². The van der Waals surface area contributed by atoms with Crippen LogP contribution < -0.4 is 0 Å². The van der Waals surface area contributed by atoms with Crippen molar-refractivity contribution in [3.05, 3.63) is 64.6 Å². The van der Waals surface area contributed by atoms with Crippen LogP contribution in [-0.4, -0.2) is 4.40 Å². The molecular formula is C15H10BrClFN. The largest absolute Gasteiger partial charge is 0.318 e. The molecule has 0 unspecified atom stereocenters. The number of aromatic nitrogens is 1. The predicted molar refractivity (Wildman–Crippen MR) is 80.0 cm³/mol. The SMILES string of the molecule is Fc1ccc(-c2cc3c(Br)cccn3c2CCl)cc1. The Kier molecular flexibility index (Phi) is 3.33. The normalized spacial score (nSPS) is 11.1. The minimum absolute atomic E-state index is 0.235. The number of fused-ring (bicyclic) bond motifs is 1. The fraction of sp³-hybridized carbons (Fsp3) is 0.0667. The quantitative estimate of drug-likeness (QED) is 0.562. The van der Waals surface area contributed by atoms with Gasteiger partial charge >= 0.3 is 0 Å². The number of benzene rings is 1. The lowest BCUT2D eigenvalue weighted by Gasteiger charge is -2.03. The first-order valence-corrected chi connectivity index (χ1v) is 7.14. The summed E-state index contributed by atoms with van der Waals surface area (Å²) in [6.07, 6.45) is 1.98. The summed E-state index contributed by atoms with van der Waals surface area (Å²) in [6, 6.07) is 12.5. The van der Waals surface area contributed by atoms with Gasteiger partial charge in [-0.3, -0.25) is 0 Å². The fourth-order valence-corrected chi connectivity index (χ4v) is 2.96. The van der Waals surface area contributed by atoms with Crippen molar-refractivity contribution in [3.8, 4) is 11.1 Å². The van der Waals surface area contributed by atoms with E-state index < -0.39 is 0 Å². The van der Waals surface area contributed by atoms with E-state index in [0.29, 0.717) is 5.88 Å². The summed E-state index contributed by atoms with van der Waals surface area (Å²) < 4.78 is 16.1. The molecule has 2 aromatic heterocycles. The first-order valence-electron chi connectivity index (χ1n) is 5.81. The molecule has 19 heavy (non-hydrogen) atoms. The topological polar surface area (TPSA) is 4.41 Å². The van der Waals surface area contributed by atoms with Gasteiger partial charge in [-0.1, -0.05) is 12.1 Å². The van der Waals surface area contributed by atoms with Crippen LogP contribution in [0.5, 0.6) is 0 Å². The van der Waals surface area contributed by atoms with Gasteiger partial charge in [0.2, 0.25) is 0 Å². The van der Waals surface area contributed by atoms with Crippen LogP contribution in [0, 0.1) is 5.82 Å². The maximum absolute atomic E-state index is 13.0. The van der Waals surface area contributed by atoms with Crippen molar-refractivity contribution in [3.63, 3.8) is 0 Å². The van der Waals surface area contributed by atoms with Crippen LogP contribution in [0.4, 0.5) is 4.39 Å². The molecule has 0 fully saturated rings. The molecule has 3 rings (SSSR count). The molecule has 0 saturated carbocycles. The zero-order valence-corrected chi connectivity index (χ0v) is 12.2. The van der Waals surface area contributed by atoms with Gasteiger partial charge in [-0.05, 0) is 51.8 Å². The van der Waals surface area contributed by atoms with Crippen LogP contribution in [0.3, 0.4) is 0 Å². The highest BCUT2D eigenvalue weighted by molar-refractivity contribution is 9.10. The maximum Gasteiger partial charge on any atom is 0.123 e. The highest BCUT2D eigenvalue weighted by Crippen LogP contribution is 2.32. The van der Waals surface area contributed by atoms with Crippen LogP contribution in [0.25, 0.3) is 16.6 Å². The van der Waals surface area contributed by atoms with E-state index in [1.807, 2.05) is 18.3 Å². The lowest BCUT2D eigenvalue weighted by molar-refractivity contribution is 0.628. The minimum atomic E-state index is -0.235. The highest BCUT2D eigenvalue weighted by Gasteiger charge is 2.12. The number of hydrogen-bond acceptors (Lipinski definition) is 0. The number of alkyl halides is 1. The molecule has 0 saturated heterocycles. The number of rotatable bonds is 2. The van der Waals surface area contributed by atoms with Crippen molar-refractivity contribution in [1.82, 2.24) is 4.40 Å². The zero-order chi connectivity index (χ0) is 13.4. The second kappa shape index (κ2) is 4.99. The lowest BCUT2D eigenvalue weighted by Crippen LogP contribution is -1.91. The minimum Gasteiger partial charge on any atom is -0.318 e. The van der Waals surface area contributed by atoms with Crippen molar-refractivity contribution in [2.24, 2.45) is 0 Å². The maximum atomic E-state index is 13.0. The Balaban J connectivity index is 2.29. The summed E-state index contributed by atoms with van der Waals surface area (Å²) in [5.74, 6) is 0.165. The molecule has 3 aromatic rings. The summed E-state index contributed by atoms with van der Waals surface area (Å²) >= 11 is 9.61. The Hall–Kier alpha value is -1.32. The second-order valence-corrected chi connectivity index (χ2v) is 5.38. The standard InChI is InChI=1S/C15H10BrClFN/c16-13-2-1-7-19-14(13)8-12(15(19)9-17)10-3-5-11(18)6-4-10/h1-8H,9H2. The third kappa shape index (κ3) is 2.17. The van der Waals surface area contributed by atoms with E-state index in [9.17, 15) is 4.39 Å². The third-order valence-corrected chi connectivity index (χ3v) is 4.07. The number of pyridine rings is 1. The monoisotopic (exact) mass is 337 g/mol. The van der Waals surface area contributed by atoms with Gasteiger partial charge in [0.05, 0.1) is 11.4 Å². The van der Waals surface area contributed by atoms with Crippen molar-refractivity contribution in [2.75, 3.05) is 0 Å². The number of hydrogen-bond donors (Lipinski definition) is 0. The Labute approximate surface area is 123 Å². The van der Waals surface area contributed by atoms with E-state index in [4.69, 9.17) is 11.6 Å². The van der Waals surface area contributed by atoms with Gasteiger partial charge < -0.3 is 4.40 Å². The van der Waals surface area contributed by atoms with E-state index in [0.717, 1.165) is 26.8 Å². The summed E-state index contributed by atoms with van der Waals surface area (Å²) in [7, 11) is 0. The highest BCUT2D eigenvalue weighted by atomic mass is 79.9. The average molecular weight is 339 g/mol. The Morgan fingerprint density at radius 1 is 1.16 bits per heavy atom. The lowest BCUT2D eigenvalue weighted by atomic mass is 10.1. The van der Waals surface area contributed by atoms with E-state index in [1.165, 1.54) is 12.1 Å². The number of nitrogens with zero attached hydrogens (tertiary/aromatic N) is 1. The van der Waals surface area contributed by atoms with Gasteiger partial charge in [-0.15, -0.1) is 11.6 Å². The molecule has 2 heterocycles. The van der Waals surface area contributed by atoms with Crippen LogP contribution in [0.2, 0.25) is 0 Å². The van der Waals surface area contributed by atoms with E-state index >= 15 is 0 Å². The van der Waals surface area contributed by atoms with Crippen LogP contribution in [-0.2, 0) is 5.88 Å². The molecule has 1 nitrogen and oxygen atoms in total. The van der Waals surface area contributed by atoms with E-state index in [1.54, 1.807) is 12.1 Å². The van der Waals surface area contributed by atoms with E-state index in [-0.39, 0.29) is 5.82 Å². The molecule has 0 aliphatic carbocycles. The predicted octanol–water partition coefficient (Wildman–Crippen LogP) is 5.25. The first kappa shape index (κ1) is 12.7. The van der Waals surface area contributed by atoms with Crippen LogP contribution >= 0.6 is 27.5 Å². The van der Waals surface area contributed by atoms with E-state index in [2.05, 4.69) is 26.4 Å². The molecule has 0 spiro atoms. The van der Waals surface area contributed by atoms with Gasteiger partial charge in [0.1, 0.15) is 5.82 Å². The van der Waals surface area contributed by atoms with Crippen molar-refractivity contribution >= 4 is 33.0 Å². The third-order valence-electron chi connectivity index (χ3n) is 3.15. The Morgan fingerprint density at radius 3 is 2.58 bits per heavy atom.